The number of rotatable bonds is 2. The highest BCUT2D eigenvalue weighted by atomic mass is 15.4. The van der Waals surface area contributed by atoms with Crippen LogP contribution < -0.4 is 5.73 Å². The number of nitrogens with zero attached hydrogens (tertiary/aromatic N) is 3. The van der Waals surface area contributed by atoms with E-state index in [1.165, 1.54) is 5.56 Å². The molecular weight excluding hydrogens is 176 g/mol. The molecule has 72 valence electrons. The van der Waals surface area contributed by atoms with Gasteiger partial charge in [0.15, 0.2) is 5.82 Å². The number of aromatic nitrogens is 3. The van der Waals surface area contributed by atoms with E-state index in [-0.39, 0.29) is 6.04 Å². The summed E-state index contributed by atoms with van der Waals surface area (Å²) in [5.41, 5.74) is 6.69. The van der Waals surface area contributed by atoms with Crippen LogP contribution in [0.3, 0.4) is 0 Å². The van der Waals surface area contributed by atoms with Crippen LogP contribution in [-0.4, -0.2) is 15.0 Å². The highest BCUT2D eigenvalue weighted by molar-refractivity contribution is 5.23. The van der Waals surface area contributed by atoms with E-state index in [0.29, 0.717) is 5.82 Å². The third-order valence-electron chi connectivity index (χ3n) is 2.21. The molecule has 0 saturated heterocycles. The molecule has 0 spiro atoms. The highest BCUT2D eigenvalue weighted by Gasteiger charge is 2.08. The first-order valence-corrected chi connectivity index (χ1v) is 4.49. The van der Waals surface area contributed by atoms with Crippen molar-refractivity contribution in [1.82, 2.24) is 15.0 Å². The van der Waals surface area contributed by atoms with Crippen LogP contribution in [0.15, 0.2) is 36.5 Å². The molecule has 1 heterocycles. The fourth-order valence-corrected chi connectivity index (χ4v) is 1.36. The van der Waals surface area contributed by atoms with Crippen molar-refractivity contribution in [2.45, 2.75) is 13.0 Å². The van der Waals surface area contributed by atoms with Crippen molar-refractivity contribution in [2.75, 3.05) is 5.73 Å². The standard InChI is InChI=1S/C10H12N4/c1-8(9-5-3-2-4-6-9)14-7-10(11)12-13-14/h2-8H,11H2,1H3. The summed E-state index contributed by atoms with van der Waals surface area (Å²) in [6, 6.07) is 10.3. The van der Waals surface area contributed by atoms with Gasteiger partial charge in [-0.15, -0.1) is 5.10 Å². The molecule has 1 atom stereocenters. The van der Waals surface area contributed by atoms with Gasteiger partial charge in [0.2, 0.25) is 0 Å². The first kappa shape index (κ1) is 8.74. The molecular formula is C10H12N4. The van der Waals surface area contributed by atoms with Gasteiger partial charge < -0.3 is 5.73 Å². The smallest absolute Gasteiger partial charge is 0.165 e. The SMILES string of the molecule is CC(c1ccccc1)n1cc(N)nn1. The van der Waals surface area contributed by atoms with Crippen LogP contribution in [0.25, 0.3) is 0 Å². The molecule has 0 amide bonds. The molecule has 4 nitrogen and oxygen atoms in total. The Kier molecular flexibility index (Phi) is 2.18. The van der Waals surface area contributed by atoms with Crippen LogP contribution in [0.4, 0.5) is 5.82 Å². The van der Waals surface area contributed by atoms with Crippen LogP contribution in [0.5, 0.6) is 0 Å². The van der Waals surface area contributed by atoms with E-state index in [1.807, 2.05) is 18.2 Å². The fraction of sp³-hybridized carbons (Fsp3) is 0.200. The summed E-state index contributed by atoms with van der Waals surface area (Å²) in [5.74, 6) is 0.452. The summed E-state index contributed by atoms with van der Waals surface area (Å²) in [5, 5.41) is 7.69. The molecule has 0 aliphatic rings. The molecule has 1 aromatic heterocycles. The van der Waals surface area contributed by atoms with E-state index < -0.39 is 0 Å². The Bertz CT molecular complexity index is 407. The largest absolute Gasteiger partial charge is 0.381 e. The van der Waals surface area contributed by atoms with Crippen molar-refractivity contribution < 1.29 is 0 Å². The van der Waals surface area contributed by atoms with Gasteiger partial charge in [0.1, 0.15) is 0 Å². The quantitative estimate of drug-likeness (QED) is 0.776. The van der Waals surface area contributed by atoms with Crippen LogP contribution in [0.2, 0.25) is 0 Å². The Hall–Kier alpha value is -1.84. The Labute approximate surface area is 82.4 Å². The Morgan fingerprint density at radius 2 is 2.00 bits per heavy atom. The van der Waals surface area contributed by atoms with Crippen molar-refractivity contribution in [3.8, 4) is 0 Å². The maximum Gasteiger partial charge on any atom is 0.165 e. The van der Waals surface area contributed by atoms with Crippen molar-refractivity contribution in [3.63, 3.8) is 0 Å². The lowest BCUT2D eigenvalue weighted by Crippen LogP contribution is -2.07. The second-order valence-electron chi connectivity index (χ2n) is 3.21. The van der Waals surface area contributed by atoms with Crippen molar-refractivity contribution >= 4 is 5.82 Å². The first-order valence-electron chi connectivity index (χ1n) is 4.49. The summed E-state index contributed by atoms with van der Waals surface area (Å²) in [7, 11) is 0. The summed E-state index contributed by atoms with van der Waals surface area (Å²) in [6.45, 7) is 2.06. The molecule has 0 aliphatic carbocycles. The van der Waals surface area contributed by atoms with E-state index in [2.05, 4.69) is 29.4 Å². The van der Waals surface area contributed by atoms with E-state index >= 15 is 0 Å². The van der Waals surface area contributed by atoms with Gasteiger partial charge in [0, 0.05) is 0 Å². The number of anilines is 1. The lowest BCUT2D eigenvalue weighted by molar-refractivity contribution is 0.543. The minimum absolute atomic E-state index is 0.168. The van der Waals surface area contributed by atoms with E-state index in [0.717, 1.165) is 0 Å². The zero-order valence-corrected chi connectivity index (χ0v) is 7.96. The normalized spacial score (nSPS) is 12.6. The second kappa shape index (κ2) is 3.49. The lowest BCUT2D eigenvalue weighted by atomic mass is 10.1. The molecule has 4 heteroatoms. The van der Waals surface area contributed by atoms with Gasteiger partial charge in [-0.25, -0.2) is 4.68 Å². The van der Waals surface area contributed by atoms with Crippen LogP contribution >= 0.6 is 0 Å². The molecule has 0 fully saturated rings. The number of hydrogen-bond donors (Lipinski definition) is 1. The Morgan fingerprint density at radius 3 is 2.57 bits per heavy atom. The minimum atomic E-state index is 0.168. The van der Waals surface area contributed by atoms with Crippen LogP contribution in [0.1, 0.15) is 18.5 Å². The Morgan fingerprint density at radius 1 is 1.29 bits per heavy atom. The number of hydrogen-bond acceptors (Lipinski definition) is 3. The van der Waals surface area contributed by atoms with Crippen molar-refractivity contribution in [1.29, 1.82) is 0 Å². The van der Waals surface area contributed by atoms with Crippen LogP contribution in [-0.2, 0) is 0 Å². The molecule has 2 rings (SSSR count). The average Bonchev–Trinajstić information content (AvgIpc) is 2.65. The molecule has 2 aromatic rings. The maximum atomic E-state index is 5.50. The lowest BCUT2D eigenvalue weighted by Gasteiger charge is -2.10. The molecule has 2 N–H and O–H groups in total. The molecule has 0 saturated carbocycles. The van der Waals surface area contributed by atoms with E-state index in [9.17, 15) is 0 Å². The number of nitrogens with two attached hydrogens (primary N) is 1. The third kappa shape index (κ3) is 1.59. The average molecular weight is 188 g/mol. The molecule has 0 radical (unpaired) electrons. The van der Waals surface area contributed by atoms with Gasteiger partial charge in [0.05, 0.1) is 12.2 Å². The molecule has 1 aromatic carbocycles. The molecule has 0 aliphatic heterocycles. The fourth-order valence-electron chi connectivity index (χ4n) is 1.36. The highest BCUT2D eigenvalue weighted by Crippen LogP contribution is 2.16. The zero-order chi connectivity index (χ0) is 9.97. The van der Waals surface area contributed by atoms with Gasteiger partial charge in [-0.1, -0.05) is 35.5 Å². The Balaban J connectivity index is 2.29. The number of benzene rings is 1. The van der Waals surface area contributed by atoms with Gasteiger partial charge in [-0.05, 0) is 12.5 Å². The topological polar surface area (TPSA) is 56.7 Å². The van der Waals surface area contributed by atoms with Gasteiger partial charge in [-0.3, -0.25) is 0 Å². The van der Waals surface area contributed by atoms with E-state index in [4.69, 9.17) is 5.73 Å². The predicted octanol–water partition coefficient (Wildman–Crippen LogP) is 1.47. The minimum Gasteiger partial charge on any atom is -0.381 e. The summed E-state index contributed by atoms with van der Waals surface area (Å²) < 4.78 is 1.75. The number of nitrogen functional groups attached to an aromatic ring is 1. The zero-order valence-electron chi connectivity index (χ0n) is 7.96. The first-order chi connectivity index (χ1) is 6.77. The second-order valence-corrected chi connectivity index (χ2v) is 3.21. The molecule has 0 bridgehead atoms. The van der Waals surface area contributed by atoms with Gasteiger partial charge in [-0.2, -0.15) is 0 Å². The summed E-state index contributed by atoms with van der Waals surface area (Å²) in [4.78, 5) is 0. The summed E-state index contributed by atoms with van der Waals surface area (Å²) >= 11 is 0. The van der Waals surface area contributed by atoms with Gasteiger partial charge in [0.25, 0.3) is 0 Å². The molecule has 1 unspecified atom stereocenters. The van der Waals surface area contributed by atoms with Crippen molar-refractivity contribution in [3.05, 3.63) is 42.1 Å². The molecule has 14 heavy (non-hydrogen) atoms. The maximum absolute atomic E-state index is 5.50. The third-order valence-corrected chi connectivity index (χ3v) is 2.21. The van der Waals surface area contributed by atoms with E-state index in [1.54, 1.807) is 10.9 Å². The monoisotopic (exact) mass is 188 g/mol. The van der Waals surface area contributed by atoms with Gasteiger partial charge >= 0.3 is 0 Å². The van der Waals surface area contributed by atoms with Crippen molar-refractivity contribution in [2.24, 2.45) is 0 Å². The van der Waals surface area contributed by atoms with Crippen LogP contribution in [0, 0.1) is 0 Å². The summed E-state index contributed by atoms with van der Waals surface area (Å²) in [6.07, 6.45) is 1.73. The predicted molar refractivity (Wildman–Crippen MR) is 54.7 cm³/mol.